The molecule has 2 atom stereocenters. The van der Waals surface area contributed by atoms with Gasteiger partial charge in [-0.05, 0) is 54.8 Å². The van der Waals surface area contributed by atoms with Gasteiger partial charge in [0.15, 0.2) is 5.82 Å². The molecule has 0 radical (unpaired) electrons. The van der Waals surface area contributed by atoms with Crippen LogP contribution in [-0.2, 0) is 10.0 Å². The van der Waals surface area contributed by atoms with Crippen LogP contribution in [0, 0.1) is 31.0 Å². The van der Waals surface area contributed by atoms with Gasteiger partial charge < -0.3 is 4.74 Å². The highest BCUT2D eigenvalue weighted by Gasteiger charge is 2.33. The highest BCUT2D eigenvalue weighted by molar-refractivity contribution is 7.89. The third-order valence-electron chi connectivity index (χ3n) is 5.19. The predicted molar refractivity (Wildman–Crippen MR) is 109 cm³/mol. The van der Waals surface area contributed by atoms with Gasteiger partial charge in [0.2, 0.25) is 10.0 Å². The third-order valence-corrected chi connectivity index (χ3v) is 6.67. The molecule has 9 nitrogen and oxygen atoms in total. The Labute approximate surface area is 179 Å². The van der Waals surface area contributed by atoms with Crippen LogP contribution in [0.4, 0.5) is 4.39 Å². The maximum absolute atomic E-state index is 14.7. The lowest BCUT2D eigenvalue weighted by Crippen LogP contribution is -2.33. The van der Waals surface area contributed by atoms with Crippen molar-refractivity contribution in [3.8, 4) is 11.8 Å². The number of hydrogen-bond donors (Lipinski definition) is 2. The normalized spacial score (nSPS) is 13.4. The predicted octanol–water partition coefficient (Wildman–Crippen LogP) is 2.66. The van der Waals surface area contributed by atoms with Gasteiger partial charge in [-0.3, -0.25) is 0 Å². The number of tetrazole rings is 1. The maximum Gasteiger partial charge on any atom is 0.244 e. The summed E-state index contributed by atoms with van der Waals surface area (Å²) in [7, 11) is -2.86. The minimum absolute atomic E-state index is 0.00369. The molecule has 2 aromatic carbocycles. The van der Waals surface area contributed by atoms with E-state index in [4.69, 9.17) is 10.00 Å². The number of nitrogens with zero attached hydrogens (tertiary/aromatic N) is 4. The Morgan fingerprint density at radius 3 is 2.61 bits per heavy atom. The van der Waals surface area contributed by atoms with Gasteiger partial charge in [0.05, 0.1) is 24.8 Å². The van der Waals surface area contributed by atoms with E-state index in [-0.39, 0.29) is 22.0 Å². The minimum Gasteiger partial charge on any atom is -0.495 e. The number of rotatable bonds is 7. The number of ether oxygens (including phenoxy) is 1. The summed E-state index contributed by atoms with van der Waals surface area (Å²) in [6, 6.07) is 7.88. The second kappa shape index (κ2) is 8.79. The molecule has 0 bridgehead atoms. The van der Waals surface area contributed by atoms with E-state index in [2.05, 4.69) is 25.3 Å². The summed E-state index contributed by atoms with van der Waals surface area (Å²) in [5.74, 6) is -1.07. The second-order valence-electron chi connectivity index (χ2n) is 7.04. The summed E-state index contributed by atoms with van der Waals surface area (Å²) in [4.78, 5) is -0.170. The van der Waals surface area contributed by atoms with Crippen molar-refractivity contribution in [3.05, 3.63) is 64.2 Å². The Morgan fingerprint density at radius 1 is 1.26 bits per heavy atom. The van der Waals surface area contributed by atoms with Gasteiger partial charge in [-0.1, -0.05) is 18.2 Å². The zero-order chi connectivity index (χ0) is 22.8. The Bertz CT molecular complexity index is 1240. The first-order valence-electron chi connectivity index (χ1n) is 9.29. The fourth-order valence-electron chi connectivity index (χ4n) is 3.40. The number of aromatic amines is 1. The smallest absolute Gasteiger partial charge is 0.244 e. The number of halogens is 1. The first kappa shape index (κ1) is 22.3. The molecule has 0 fully saturated rings. The molecule has 1 heterocycles. The lowest BCUT2D eigenvalue weighted by molar-refractivity contribution is 0.401. The Balaban J connectivity index is 2.08. The van der Waals surface area contributed by atoms with E-state index >= 15 is 0 Å². The van der Waals surface area contributed by atoms with Crippen molar-refractivity contribution in [1.29, 1.82) is 5.26 Å². The van der Waals surface area contributed by atoms with Crippen LogP contribution in [0.25, 0.3) is 0 Å². The van der Waals surface area contributed by atoms with Gasteiger partial charge in [-0.25, -0.2) is 12.8 Å². The quantitative estimate of drug-likeness (QED) is 0.572. The van der Waals surface area contributed by atoms with Gasteiger partial charge >= 0.3 is 0 Å². The van der Waals surface area contributed by atoms with E-state index < -0.39 is 27.8 Å². The topological polar surface area (TPSA) is 134 Å². The second-order valence-corrected chi connectivity index (χ2v) is 8.72. The lowest BCUT2D eigenvalue weighted by Gasteiger charge is -2.25. The third kappa shape index (κ3) is 4.40. The molecule has 1 aromatic heterocycles. The number of nitriles is 1. The Kier molecular flexibility index (Phi) is 6.33. The molecular formula is C20H21FN6O3S. The molecule has 3 aromatic rings. The highest BCUT2D eigenvalue weighted by atomic mass is 32.2. The van der Waals surface area contributed by atoms with Crippen molar-refractivity contribution >= 4 is 10.0 Å². The molecule has 0 amide bonds. The van der Waals surface area contributed by atoms with Gasteiger partial charge in [-0.15, -0.1) is 10.2 Å². The van der Waals surface area contributed by atoms with Crippen molar-refractivity contribution < 1.29 is 17.5 Å². The zero-order valence-electron chi connectivity index (χ0n) is 17.3. The molecular weight excluding hydrogens is 423 g/mol. The fraction of sp³-hybridized carbons (Fsp3) is 0.300. The van der Waals surface area contributed by atoms with Gasteiger partial charge in [0, 0.05) is 5.92 Å². The zero-order valence-corrected chi connectivity index (χ0v) is 18.2. The van der Waals surface area contributed by atoms with E-state index in [1.54, 1.807) is 19.9 Å². The van der Waals surface area contributed by atoms with Crippen LogP contribution < -0.4 is 9.46 Å². The molecule has 2 unspecified atom stereocenters. The average Bonchev–Trinajstić information content (AvgIpc) is 3.29. The highest BCUT2D eigenvalue weighted by Crippen LogP contribution is 2.35. The van der Waals surface area contributed by atoms with Crippen LogP contribution >= 0.6 is 0 Å². The summed E-state index contributed by atoms with van der Waals surface area (Å²) < 4.78 is 48.9. The number of benzene rings is 2. The van der Waals surface area contributed by atoms with E-state index in [1.807, 2.05) is 13.0 Å². The molecule has 3 rings (SSSR count). The summed E-state index contributed by atoms with van der Waals surface area (Å²) in [5.41, 5.74) is 2.17. The van der Waals surface area contributed by atoms with Crippen LogP contribution in [0.2, 0.25) is 0 Å². The molecule has 162 valence electrons. The Hall–Kier alpha value is -3.36. The van der Waals surface area contributed by atoms with Gasteiger partial charge in [0.25, 0.3) is 0 Å². The van der Waals surface area contributed by atoms with Crippen LogP contribution in [0.3, 0.4) is 0 Å². The van der Waals surface area contributed by atoms with Crippen LogP contribution in [-0.4, -0.2) is 36.2 Å². The van der Waals surface area contributed by atoms with Crippen LogP contribution in [0.15, 0.2) is 35.2 Å². The van der Waals surface area contributed by atoms with Crippen LogP contribution in [0.5, 0.6) is 5.75 Å². The number of sulfonamides is 1. The molecule has 11 heteroatoms. The fourth-order valence-corrected chi connectivity index (χ4v) is 4.82. The van der Waals surface area contributed by atoms with E-state index in [9.17, 15) is 12.8 Å². The first-order chi connectivity index (χ1) is 14.7. The first-order valence-corrected chi connectivity index (χ1v) is 10.8. The average molecular weight is 444 g/mol. The summed E-state index contributed by atoms with van der Waals surface area (Å²) in [5, 5.41) is 22.7. The molecule has 31 heavy (non-hydrogen) atoms. The number of aromatic nitrogens is 4. The largest absolute Gasteiger partial charge is 0.495 e. The van der Waals surface area contributed by atoms with E-state index in [0.29, 0.717) is 11.1 Å². The molecule has 0 spiro atoms. The van der Waals surface area contributed by atoms with Crippen molar-refractivity contribution in [1.82, 2.24) is 25.3 Å². The van der Waals surface area contributed by atoms with Crippen molar-refractivity contribution in [2.45, 2.75) is 37.6 Å². The molecule has 2 N–H and O–H groups in total. The number of hydrogen-bond acceptors (Lipinski definition) is 7. The monoisotopic (exact) mass is 444 g/mol. The SMILES string of the molecule is COc1cc(C#N)ccc1S(=O)(=O)NC(c1nn[nH]n1)C(C)c1c(F)ccc(C)c1C. The lowest BCUT2D eigenvalue weighted by atomic mass is 9.88. The molecule has 0 saturated carbocycles. The molecule has 0 aliphatic rings. The van der Waals surface area contributed by atoms with Crippen molar-refractivity contribution in [2.24, 2.45) is 0 Å². The number of H-pyrrole nitrogens is 1. The summed E-state index contributed by atoms with van der Waals surface area (Å²) in [6.07, 6.45) is 0. The number of aryl methyl sites for hydroxylation is 1. The number of methoxy groups -OCH3 is 1. The van der Waals surface area contributed by atoms with Crippen LogP contribution in [0.1, 0.15) is 47.0 Å². The summed E-state index contributed by atoms with van der Waals surface area (Å²) in [6.45, 7) is 5.31. The van der Waals surface area contributed by atoms with Crippen molar-refractivity contribution in [2.75, 3.05) is 7.11 Å². The van der Waals surface area contributed by atoms with Gasteiger partial charge in [0.1, 0.15) is 16.5 Å². The summed E-state index contributed by atoms with van der Waals surface area (Å²) >= 11 is 0. The maximum atomic E-state index is 14.7. The van der Waals surface area contributed by atoms with E-state index in [1.165, 1.54) is 31.4 Å². The standard InChI is InChI=1S/C20H21FN6O3S/c1-11-5-7-15(21)18(12(11)2)13(3)19(20-23-26-27-24-20)25-31(28,29)17-8-6-14(10-22)9-16(17)30-4/h5-9,13,19,25H,1-4H3,(H,23,24,26,27). The van der Waals surface area contributed by atoms with E-state index in [0.717, 1.165) is 5.56 Å². The molecule has 0 saturated heterocycles. The number of nitrogens with one attached hydrogen (secondary N) is 2. The molecule has 0 aliphatic heterocycles. The minimum atomic E-state index is -4.17. The Morgan fingerprint density at radius 2 is 2.00 bits per heavy atom. The van der Waals surface area contributed by atoms with Crippen molar-refractivity contribution in [3.63, 3.8) is 0 Å². The van der Waals surface area contributed by atoms with Gasteiger partial charge in [-0.2, -0.15) is 15.2 Å². The molecule has 0 aliphatic carbocycles.